The smallest absolute Gasteiger partial charge is 0.171 e. The second-order valence-corrected chi connectivity index (χ2v) is 6.33. The van der Waals surface area contributed by atoms with Gasteiger partial charge in [0.05, 0.1) is 0 Å². The normalized spacial score (nSPS) is 18.6. The van der Waals surface area contributed by atoms with Gasteiger partial charge in [-0.25, -0.2) is 9.97 Å². The predicted molar refractivity (Wildman–Crippen MR) is 94.7 cm³/mol. The minimum Gasteiger partial charge on any atom is -0.363 e. The van der Waals surface area contributed by atoms with E-state index < -0.39 is 0 Å². The molecular formula is C18H25N5. The van der Waals surface area contributed by atoms with Gasteiger partial charge in [0, 0.05) is 45.6 Å². The molecule has 1 N–H and O–H groups in total. The van der Waals surface area contributed by atoms with Gasteiger partial charge in [-0.15, -0.1) is 0 Å². The molecule has 1 aromatic heterocycles. The van der Waals surface area contributed by atoms with Crippen LogP contribution in [0.5, 0.6) is 0 Å². The van der Waals surface area contributed by atoms with Crippen molar-refractivity contribution < 1.29 is 0 Å². The zero-order valence-corrected chi connectivity index (χ0v) is 13.9. The molecule has 0 radical (unpaired) electrons. The van der Waals surface area contributed by atoms with Crippen molar-refractivity contribution in [2.24, 2.45) is 0 Å². The average Bonchev–Trinajstić information content (AvgIpc) is 2.56. The summed E-state index contributed by atoms with van der Waals surface area (Å²) in [4.78, 5) is 13.4. The number of benzene rings is 1. The zero-order valence-electron chi connectivity index (χ0n) is 13.9. The van der Waals surface area contributed by atoms with Crippen molar-refractivity contribution in [1.29, 1.82) is 0 Å². The van der Waals surface area contributed by atoms with E-state index in [1.807, 2.05) is 19.0 Å². The molecule has 1 atom stereocenters. The SMILES string of the molecule is CN(C)c1nccnc1N[C@H]1CCCN(Cc2ccccc2)C1. The summed E-state index contributed by atoms with van der Waals surface area (Å²) in [6.45, 7) is 3.21. The lowest BCUT2D eigenvalue weighted by Gasteiger charge is -2.33. The van der Waals surface area contributed by atoms with Crippen LogP contribution in [0.2, 0.25) is 0 Å². The van der Waals surface area contributed by atoms with E-state index in [-0.39, 0.29) is 0 Å². The first-order chi connectivity index (χ1) is 11.2. The van der Waals surface area contributed by atoms with Crippen LogP contribution in [0.15, 0.2) is 42.7 Å². The van der Waals surface area contributed by atoms with E-state index >= 15 is 0 Å². The van der Waals surface area contributed by atoms with Gasteiger partial charge >= 0.3 is 0 Å². The summed E-state index contributed by atoms with van der Waals surface area (Å²) in [5.74, 6) is 1.77. The van der Waals surface area contributed by atoms with Crippen molar-refractivity contribution in [3.8, 4) is 0 Å². The lowest BCUT2D eigenvalue weighted by Crippen LogP contribution is -2.42. The number of piperidine rings is 1. The number of hydrogen-bond acceptors (Lipinski definition) is 5. The summed E-state index contributed by atoms with van der Waals surface area (Å²) in [6.07, 6.45) is 5.87. The van der Waals surface area contributed by atoms with E-state index in [0.717, 1.165) is 31.3 Å². The van der Waals surface area contributed by atoms with Crippen molar-refractivity contribution in [1.82, 2.24) is 14.9 Å². The molecule has 0 aliphatic carbocycles. The van der Waals surface area contributed by atoms with E-state index in [1.54, 1.807) is 12.4 Å². The maximum absolute atomic E-state index is 4.47. The monoisotopic (exact) mass is 311 g/mol. The number of aromatic nitrogens is 2. The molecule has 0 unspecified atom stereocenters. The zero-order chi connectivity index (χ0) is 16.1. The molecule has 0 amide bonds. The summed E-state index contributed by atoms with van der Waals surface area (Å²) < 4.78 is 0. The van der Waals surface area contributed by atoms with Crippen LogP contribution in [0.3, 0.4) is 0 Å². The third kappa shape index (κ3) is 4.20. The van der Waals surface area contributed by atoms with E-state index in [2.05, 4.69) is 50.5 Å². The van der Waals surface area contributed by atoms with Crippen molar-refractivity contribution in [2.75, 3.05) is 37.4 Å². The van der Waals surface area contributed by atoms with Crippen LogP contribution < -0.4 is 10.2 Å². The Hall–Kier alpha value is -2.14. The van der Waals surface area contributed by atoms with Gasteiger partial charge in [-0.3, -0.25) is 4.90 Å². The standard InChI is InChI=1S/C18H25N5/c1-22(2)18-17(19-10-11-20-18)21-16-9-6-12-23(14-16)13-15-7-4-3-5-8-15/h3-5,7-8,10-11,16H,6,9,12-14H2,1-2H3,(H,19,21)/t16-/m0/s1. The Morgan fingerprint density at radius 2 is 1.96 bits per heavy atom. The molecule has 2 aromatic rings. The van der Waals surface area contributed by atoms with Gasteiger partial charge in [-0.05, 0) is 24.9 Å². The summed E-state index contributed by atoms with van der Waals surface area (Å²) in [5.41, 5.74) is 1.38. The van der Waals surface area contributed by atoms with E-state index in [1.165, 1.54) is 18.4 Å². The highest BCUT2D eigenvalue weighted by Gasteiger charge is 2.21. The van der Waals surface area contributed by atoms with Crippen LogP contribution in [0.25, 0.3) is 0 Å². The van der Waals surface area contributed by atoms with Gasteiger partial charge in [0.25, 0.3) is 0 Å². The lowest BCUT2D eigenvalue weighted by atomic mass is 10.0. The molecule has 1 aliphatic heterocycles. The van der Waals surface area contributed by atoms with Gasteiger partial charge in [0.2, 0.25) is 0 Å². The van der Waals surface area contributed by atoms with Crippen molar-refractivity contribution >= 4 is 11.6 Å². The van der Waals surface area contributed by atoms with Crippen molar-refractivity contribution in [3.05, 3.63) is 48.3 Å². The topological polar surface area (TPSA) is 44.3 Å². The Labute approximate surface area is 138 Å². The summed E-state index contributed by atoms with van der Waals surface area (Å²) >= 11 is 0. The van der Waals surface area contributed by atoms with Crippen molar-refractivity contribution in [3.63, 3.8) is 0 Å². The maximum atomic E-state index is 4.47. The number of likely N-dealkylation sites (tertiary alicyclic amines) is 1. The quantitative estimate of drug-likeness (QED) is 0.919. The molecule has 5 heteroatoms. The molecule has 23 heavy (non-hydrogen) atoms. The molecule has 0 bridgehead atoms. The highest BCUT2D eigenvalue weighted by atomic mass is 15.2. The Morgan fingerprint density at radius 1 is 1.17 bits per heavy atom. The van der Waals surface area contributed by atoms with Gasteiger partial charge in [-0.2, -0.15) is 0 Å². The van der Waals surface area contributed by atoms with E-state index in [0.29, 0.717) is 6.04 Å². The summed E-state index contributed by atoms with van der Waals surface area (Å²) in [7, 11) is 4.00. The average molecular weight is 311 g/mol. The largest absolute Gasteiger partial charge is 0.363 e. The van der Waals surface area contributed by atoms with Crippen LogP contribution in [0, 0.1) is 0 Å². The molecule has 2 heterocycles. The second kappa shape index (κ2) is 7.42. The van der Waals surface area contributed by atoms with Crippen LogP contribution in [0.1, 0.15) is 18.4 Å². The molecule has 122 valence electrons. The minimum absolute atomic E-state index is 0.419. The second-order valence-electron chi connectivity index (χ2n) is 6.33. The van der Waals surface area contributed by atoms with E-state index in [4.69, 9.17) is 0 Å². The van der Waals surface area contributed by atoms with Crippen LogP contribution >= 0.6 is 0 Å². The minimum atomic E-state index is 0.419. The highest BCUT2D eigenvalue weighted by molar-refractivity contribution is 5.60. The summed E-state index contributed by atoms with van der Waals surface area (Å²) in [5, 5.41) is 3.59. The molecule has 1 fully saturated rings. The molecular weight excluding hydrogens is 286 g/mol. The fourth-order valence-electron chi connectivity index (χ4n) is 3.11. The molecule has 1 aliphatic rings. The Morgan fingerprint density at radius 3 is 2.74 bits per heavy atom. The fraction of sp³-hybridized carbons (Fsp3) is 0.444. The van der Waals surface area contributed by atoms with Gasteiger partial charge in [-0.1, -0.05) is 30.3 Å². The van der Waals surface area contributed by atoms with Crippen LogP contribution in [-0.2, 0) is 6.54 Å². The lowest BCUT2D eigenvalue weighted by molar-refractivity contribution is 0.208. The number of nitrogens with zero attached hydrogens (tertiary/aromatic N) is 4. The predicted octanol–water partition coefficient (Wildman–Crippen LogP) is 2.62. The molecule has 0 saturated carbocycles. The first-order valence-corrected chi connectivity index (χ1v) is 8.23. The number of rotatable bonds is 5. The third-order valence-corrected chi connectivity index (χ3v) is 4.20. The molecule has 5 nitrogen and oxygen atoms in total. The Bertz CT molecular complexity index is 614. The molecule has 0 spiro atoms. The van der Waals surface area contributed by atoms with Gasteiger partial charge in [0.1, 0.15) is 0 Å². The fourth-order valence-corrected chi connectivity index (χ4v) is 3.11. The number of hydrogen-bond donors (Lipinski definition) is 1. The van der Waals surface area contributed by atoms with Gasteiger partial charge < -0.3 is 10.2 Å². The first-order valence-electron chi connectivity index (χ1n) is 8.23. The molecule has 3 rings (SSSR count). The number of anilines is 2. The highest BCUT2D eigenvalue weighted by Crippen LogP contribution is 2.22. The van der Waals surface area contributed by atoms with Crippen LogP contribution in [-0.4, -0.2) is 48.1 Å². The van der Waals surface area contributed by atoms with E-state index in [9.17, 15) is 0 Å². The van der Waals surface area contributed by atoms with Gasteiger partial charge in [0.15, 0.2) is 11.6 Å². The maximum Gasteiger partial charge on any atom is 0.171 e. The first kappa shape index (κ1) is 15.7. The van der Waals surface area contributed by atoms with Crippen LogP contribution in [0.4, 0.5) is 11.6 Å². The summed E-state index contributed by atoms with van der Waals surface area (Å²) in [6, 6.07) is 11.1. The van der Waals surface area contributed by atoms with Crippen molar-refractivity contribution in [2.45, 2.75) is 25.4 Å². The Balaban J connectivity index is 1.63. The molecule has 1 saturated heterocycles. The Kier molecular flexibility index (Phi) is 5.08. The molecule has 1 aromatic carbocycles. The third-order valence-electron chi connectivity index (χ3n) is 4.20. The number of nitrogens with one attached hydrogen (secondary N) is 1.